The zero-order valence-electron chi connectivity index (χ0n) is 11.3. The van der Waals surface area contributed by atoms with Crippen molar-refractivity contribution in [2.45, 2.75) is 51.5 Å². The maximum absolute atomic E-state index is 3.70. The molecule has 1 N–H and O–H groups in total. The fraction of sp³-hybridized carbons (Fsp3) is 0.750. The van der Waals surface area contributed by atoms with E-state index < -0.39 is 0 Å². The molecule has 4 bridgehead atoms. The molecule has 0 saturated heterocycles. The largest absolute Gasteiger partial charge is 0.323 e. The normalized spacial score (nSPS) is 43.1. The first-order valence-corrected chi connectivity index (χ1v) is 7.63. The molecule has 2 nitrogen and oxygen atoms in total. The van der Waals surface area contributed by atoms with Gasteiger partial charge in [0.25, 0.3) is 0 Å². The molecule has 18 heavy (non-hydrogen) atoms. The second kappa shape index (κ2) is 3.79. The molecule has 0 amide bonds. The fourth-order valence-corrected chi connectivity index (χ4v) is 5.49. The van der Waals surface area contributed by atoms with Crippen molar-refractivity contribution in [1.29, 1.82) is 0 Å². The quantitative estimate of drug-likeness (QED) is 0.859. The van der Waals surface area contributed by atoms with Crippen LogP contribution in [0.25, 0.3) is 0 Å². The fourth-order valence-electron chi connectivity index (χ4n) is 5.49. The number of nitrogens with one attached hydrogen (secondary N) is 1. The zero-order chi connectivity index (χ0) is 12.2. The molecule has 4 aliphatic carbocycles. The Hall–Kier alpha value is -0.920. The zero-order valence-corrected chi connectivity index (χ0v) is 11.3. The van der Waals surface area contributed by atoms with E-state index in [9.17, 15) is 0 Å². The van der Waals surface area contributed by atoms with Gasteiger partial charge in [-0.3, -0.25) is 4.68 Å². The highest BCUT2D eigenvalue weighted by Crippen LogP contribution is 2.61. The van der Waals surface area contributed by atoms with Crippen LogP contribution in [-0.4, -0.2) is 10.7 Å². The van der Waals surface area contributed by atoms with Crippen molar-refractivity contribution in [2.75, 3.05) is 5.43 Å². The number of hydrogen-bond donors (Lipinski definition) is 1. The smallest absolute Gasteiger partial charge is 0.0452 e. The van der Waals surface area contributed by atoms with Crippen molar-refractivity contribution in [2.24, 2.45) is 23.2 Å². The molecule has 2 heteroatoms. The molecule has 4 saturated carbocycles. The average molecular weight is 244 g/mol. The Morgan fingerprint density at radius 2 is 1.50 bits per heavy atom. The Labute approximate surface area is 110 Å². The second-order valence-corrected chi connectivity index (χ2v) is 7.22. The van der Waals surface area contributed by atoms with Gasteiger partial charge in [0.15, 0.2) is 0 Å². The third kappa shape index (κ3) is 1.61. The number of aromatic nitrogens is 1. The highest BCUT2D eigenvalue weighted by atomic mass is 15.4. The van der Waals surface area contributed by atoms with Crippen LogP contribution in [0, 0.1) is 23.2 Å². The van der Waals surface area contributed by atoms with Gasteiger partial charge in [-0.05, 0) is 80.8 Å². The summed E-state index contributed by atoms with van der Waals surface area (Å²) in [5.74, 6) is 3.14. The van der Waals surface area contributed by atoms with Crippen LogP contribution in [0.2, 0.25) is 0 Å². The van der Waals surface area contributed by atoms with Gasteiger partial charge < -0.3 is 5.43 Å². The lowest BCUT2D eigenvalue weighted by Gasteiger charge is -2.59. The summed E-state index contributed by atoms with van der Waals surface area (Å²) in [6.45, 7) is 2.41. The van der Waals surface area contributed by atoms with Gasteiger partial charge in [0.2, 0.25) is 0 Å². The van der Waals surface area contributed by atoms with E-state index in [0.717, 1.165) is 17.8 Å². The van der Waals surface area contributed by atoms with E-state index in [-0.39, 0.29) is 0 Å². The summed E-state index contributed by atoms with van der Waals surface area (Å²) < 4.78 is 2.14. The Balaban J connectivity index is 1.56. The molecule has 4 fully saturated rings. The SMILES string of the molecule is CC(Nn1cccc1)C12CC3CC(CC(C3)C1)C2. The summed E-state index contributed by atoms with van der Waals surface area (Å²) in [5, 5.41) is 0. The third-order valence-corrected chi connectivity index (χ3v) is 5.95. The molecule has 1 unspecified atom stereocenters. The number of hydrogen-bond acceptors (Lipinski definition) is 1. The molecule has 4 aliphatic rings. The number of nitrogens with zero attached hydrogens (tertiary/aromatic N) is 1. The van der Waals surface area contributed by atoms with E-state index in [1.165, 1.54) is 38.5 Å². The molecule has 0 radical (unpaired) electrons. The van der Waals surface area contributed by atoms with Gasteiger partial charge in [0.05, 0.1) is 0 Å². The predicted octanol–water partition coefficient (Wildman–Crippen LogP) is 3.64. The van der Waals surface area contributed by atoms with Crippen LogP contribution in [0.5, 0.6) is 0 Å². The molecule has 98 valence electrons. The summed E-state index contributed by atoms with van der Waals surface area (Å²) in [5.41, 5.74) is 4.29. The Morgan fingerprint density at radius 3 is 2.00 bits per heavy atom. The first-order chi connectivity index (χ1) is 8.73. The highest BCUT2D eigenvalue weighted by molar-refractivity contribution is 5.08. The van der Waals surface area contributed by atoms with E-state index in [4.69, 9.17) is 0 Å². The second-order valence-electron chi connectivity index (χ2n) is 7.22. The standard InChI is InChI=1S/C16H24N2/c1-12(17-18-4-2-3-5-18)16-9-13-6-14(10-16)8-15(7-13)11-16/h2-5,12-15,17H,6-11H2,1H3. The highest BCUT2D eigenvalue weighted by Gasteiger charge is 2.53. The molecule has 0 spiro atoms. The lowest BCUT2D eigenvalue weighted by atomic mass is 9.48. The predicted molar refractivity (Wildman–Crippen MR) is 73.9 cm³/mol. The molecule has 1 heterocycles. The van der Waals surface area contributed by atoms with Crippen molar-refractivity contribution < 1.29 is 0 Å². The minimum Gasteiger partial charge on any atom is -0.323 e. The average Bonchev–Trinajstić information content (AvgIpc) is 2.79. The first-order valence-electron chi connectivity index (χ1n) is 7.63. The minimum atomic E-state index is 0.596. The molecule has 5 rings (SSSR count). The van der Waals surface area contributed by atoms with Gasteiger partial charge in [-0.1, -0.05) is 0 Å². The van der Waals surface area contributed by atoms with Crippen molar-refractivity contribution in [3.8, 4) is 0 Å². The molecule has 0 aromatic carbocycles. The maximum atomic E-state index is 3.70. The van der Waals surface area contributed by atoms with Crippen molar-refractivity contribution in [3.63, 3.8) is 0 Å². The molecule has 1 aromatic rings. The van der Waals surface area contributed by atoms with Gasteiger partial charge in [-0.25, -0.2) is 0 Å². The van der Waals surface area contributed by atoms with Crippen molar-refractivity contribution in [3.05, 3.63) is 24.5 Å². The Morgan fingerprint density at radius 1 is 1.00 bits per heavy atom. The van der Waals surface area contributed by atoms with Gasteiger partial charge >= 0.3 is 0 Å². The van der Waals surface area contributed by atoms with Crippen LogP contribution in [-0.2, 0) is 0 Å². The van der Waals surface area contributed by atoms with E-state index in [1.54, 1.807) is 0 Å². The first kappa shape index (κ1) is 11.0. The summed E-state index contributed by atoms with van der Waals surface area (Å²) >= 11 is 0. The third-order valence-electron chi connectivity index (χ3n) is 5.95. The molecule has 1 aromatic heterocycles. The summed E-state index contributed by atoms with van der Waals surface area (Å²) in [6.07, 6.45) is 13.3. The Kier molecular flexibility index (Phi) is 2.30. The van der Waals surface area contributed by atoms with E-state index in [2.05, 4.69) is 41.6 Å². The monoisotopic (exact) mass is 244 g/mol. The summed E-state index contributed by atoms with van der Waals surface area (Å²) in [6, 6.07) is 4.80. The maximum Gasteiger partial charge on any atom is 0.0452 e. The molecular weight excluding hydrogens is 220 g/mol. The van der Waals surface area contributed by atoms with Crippen LogP contribution in [0.15, 0.2) is 24.5 Å². The molecule has 1 atom stereocenters. The van der Waals surface area contributed by atoms with Crippen molar-refractivity contribution >= 4 is 0 Å². The minimum absolute atomic E-state index is 0.596. The summed E-state index contributed by atoms with van der Waals surface area (Å²) in [4.78, 5) is 0. The lowest BCUT2D eigenvalue weighted by Crippen LogP contribution is -2.54. The van der Waals surface area contributed by atoms with Crippen molar-refractivity contribution in [1.82, 2.24) is 4.68 Å². The van der Waals surface area contributed by atoms with E-state index in [0.29, 0.717) is 11.5 Å². The molecule has 0 aliphatic heterocycles. The summed E-state index contributed by atoms with van der Waals surface area (Å²) in [7, 11) is 0. The topological polar surface area (TPSA) is 17.0 Å². The lowest BCUT2D eigenvalue weighted by molar-refractivity contribution is -0.0620. The van der Waals surface area contributed by atoms with Gasteiger partial charge in [-0.15, -0.1) is 0 Å². The van der Waals surface area contributed by atoms with Crippen LogP contribution >= 0.6 is 0 Å². The van der Waals surface area contributed by atoms with Crippen LogP contribution in [0.1, 0.15) is 45.4 Å². The van der Waals surface area contributed by atoms with E-state index >= 15 is 0 Å². The number of rotatable bonds is 3. The van der Waals surface area contributed by atoms with Gasteiger partial charge in [-0.2, -0.15) is 0 Å². The van der Waals surface area contributed by atoms with Gasteiger partial charge in [0.1, 0.15) is 0 Å². The van der Waals surface area contributed by atoms with Crippen LogP contribution in [0.3, 0.4) is 0 Å². The van der Waals surface area contributed by atoms with Crippen LogP contribution < -0.4 is 5.43 Å². The van der Waals surface area contributed by atoms with Gasteiger partial charge in [0, 0.05) is 18.4 Å². The van der Waals surface area contributed by atoms with Crippen LogP contribution in [0.4, 0.5) is 0 Å². The molecular formula is C16H24N2. The van der Waals surface area contributed by atoms with E-state index in [1.807, 2.05) is 0 Å². The Bertz CT molecular complexity index is 385.